The van der Waals surface area contributed by atoms with Crippen molar-refractivity contribution in [2.24, 2.45) is 5.92 Å². The quantitative estimate of drug-likeness (QED) is 0.711. The van der Waals surface area contributed by atoms with Gasteiger partial charge in [-0.05, 0) is 31.0 Å². The molecule has 0 saturated carbocycles. The number of ether oxygens (including phenoxy) is 2. The fourth-order valence-corrected chi connectivity index (χ4v) is 1.74. The van der Waals surface area contributed by atoms with Gasteiger partial charge >= 0.3 is 12.1 Å². The maximum Gasteiger partial charge on any atom is 0.411 e. The summed E-state index contributed by atoms with van der Waals surface area (Å²) in [4.78, 5) is 34.6. The molecular weight excluding hydrogens is 312 g/mol. The summed E-state index contributed by atoms with van der Waals surface area (Å²) in [6.07, 6.45) is -0.485. The minimum atomic E-state index is -0.547. The number of nitrogens with one attached hydrogen (secondary N) is 2. The van der Waals surface area contributed by atoms with E-state index < -0.39 is 12.1 Å². The van der Waals surface area contributed by atoms with Crippen LogP contribution in [0.25, 0.3) is 0 Å². The second-order valence-corrected chi connectivity index (χ2v) is 5.55. The van der Waals surface area contributed by atoms with Gasteiger partial charge < -0.3 is 14.8 Å². The number of rotatable bonds is 8. The summed E-state index contributed by atoms with van der Waals surface area (Å²) in [5.41, 5.74) is 1.03. The van der Waals surface area contributed by atoms with E-state index in [1.807, 2.05) is 13.8 Å². The topological polar surface area (TPSA) is 93.7 Å². The van der Waals surface area contributed by atoms with Crippen molar-refractivity contribution in [2.45, 2.75) is 33.6 Å². The number of anilines is 2. The summed E-state index contributed by atoms with van der Waals surface area (Å²) < 4.78 is 9.79. The first-order valence-electron chi connectivity index (χ1n) is 7.90. The first-order valence-corrected chi connectivity index (χ1v) is 7.90. The Morgan fingerprint density at radius 2 is 1.71 bits per heavy atom. The number of amides is 2. The zero-order valence-electron chi connectivity index (χ0n) is 14.3. The molecule has 0 aromatic heterocycles. The molecule has 1 aromatic rings. The van der Waals surface area contributed by atoms with E-state index in [2.05, 4.69) is 10.6 Å². The molecule has 0 spiro atoms. The van der Waals surface area contributed by atoms with Crippen molar-refractivity contribution in [2.75, 3.05) is 23.8 Å². The van der Waals surface area contributed by atoms with Crippen molar-refractivity contribution < 1.29 is 23.9 Å². The fraction of sp³-hybridized carbons (Fsp3) is 0.471. The zero-order chi connectivity index (χ0) is 17.9. The molecule has 0 aliphatic rings. The zero-order valence-corrected chi connectivity index (χ0v) is 14.3. The Morgan fingerprint density at radius 3 is 2.33 bits per heavy atom. The third kappa shape index (κ3) is 8.17. The van der Waals surface area contributed by atoms with Crippen LogP contribution in [0, 0.1) is 5.92 Å². The number of carbonyl (C=O) groups is 3. The number of esters is 1. The Balaban J connectivity index is 2.48. The summed E-state index contributed by atoms with van der Waals surface area (Å²) >= 11 is 0. The fourth-order valence-electron chi connectivity index (χ4n) is 1.74. The molecule has 0 bridgehead atoms. The Labute approximate surface area is 141 Å². The average molecular weight is 336 g/mol. The van der Waals surface area contributed by atoms with Crippen LogP contribution in [0.2, 0.25) is 0 Å². The van der Waals surface area contributed by atoms with Crippen LogP contribution in [-0.2, 0) is 19.1 Å². The summed E-state index contributed by atoms with van der Waals surface area (Å²) in [7, 11) is 0. The van der Waals surface area contributed by atoms with Gasteiger partial charge in [0.25, 0.3) is 0 Å². The van der Waals surface area contributed by atoms with E-state index in [1.165, 1.54) is 0 Å². The smallest absolute Gasteiger partial charge is 0.411 e. The van der Waals surface area contributed by atoms with Crippen molar-refractivity contribution in [3.8, 4) is 0 Å². The standard InChI is InChI=1S/C17H24N2O5/c1-4-23-16(21)9-8-15(20)18-13-6-5-7-14(10-13)19-17(22)24-11-12(2)3/h5-7,10,12H,4,8-9,11H2,1-3H3,(H,18,20)(H,19,22). The lowest BCUT2D eigenvalue weighted by Crippen LogP contribution is -2.17. The lowest BCUT2D eigenvalue weighted by atomic mass is 10.2. The second kappa shape index (κ2) is 10.3. The molecule has 1 aromatic carbocycles. The SMILES string of the molecule is CCOC(=O)CCC(=O)Nc1cccc(NC(=O)OCC(C)C)c1. The van der Waals surface area contributed by atoms with Crippen LogP contribution in [0.1, 0.15) is 33.6 Å². The van der Waals surface area contributed by atoms with Gasteiger partial charge in [0.1, 0.15) is 0 Å². The van der Waals surface area contributed by atoms with Gasteiger partial charge in [0, 0.05) is 17.8 Å². The van der Waals surface area contributed by atoms with E-state index in [0.717, 1.165) is 0 Å². The third-order valence-corrected chi connectivity index (χ3v) is 2.80. The van der Waals surface area contributed by atoms with Gasteiger partial charge in [-0.3, -0.25) is 14.9 Å². The van der Waals surface area contributed by atoms with Crippen LogP contribution in [0.4, 0.5) is 16.2 Å². The highest BCUT2D eigenvalue weighted by atomic mass is 16.5. The maximum atomic E-state index is 11.8. The average Bonchev–Trinajstić information content (AvgIpc) is 2.51. The minimum Gasteiger partial charge on any atom is -0.466 e. The van der Waals surface area contributed by atoms with Crippen LogP contribution in [0.5, 0.6) is 0 Å². The van der Waals surface area contributed by atoms with Gasteiger partial charge in [-0.1, -0.05) is 19.9 Å². The third-order valence-electron chi connectivity index (χ3n) is 2.80. The molecule has 132 valence electrons. The van der Waals surface area contributed by atoms with Crippen molar-refractivity contribution >= 4 is 29.3 Å². The van der Waals surface area contributed by atoms with Gasteiger partial charge in [-0.2, -0.15) is 0 Å². The van der Waals surface area contributed by atoms with E-state index in [0.29, 0.717) is 24.6 Å². The number of hydrogen-bond donors (Lipinski definition) is 2. The second-order valence-electron chi connectivity index (χ2n) is 5.55. The lowest BCUT2D eigenvalue weighted by Gasteiger charge is -2.10. The minimum absolute atomic E-state index is 0.0269. The van der Waals surface area contributed by atoms with Gasteiger partial charge in [0.15, 0.2) is 0 Å². The largest absolute Gasteiger partial charge is 0.466 e. The molecule has 7 heteroatoms. The van der Waals surface area contributed by atoms with Crippen molar-refractivity contribution in [3.63, 3.8) is 0 Å². The van der Waals surface area contributed by atoms with Crippen molar-refractivity contribution in [1.29, 1.82) is 0 Å². The van der Waals surface area contributed by atoms with Crippen molar-refractivity contribution in [1.82, 2.24) is 0 Å². The number of benzene rings is 1. The van der Waals surface area contributed by atoms with E-state index in [9.17, 15) is 14.4 Å². The van der Waals surface area contributed by atoms with Gasteiger partial charge in [0.05, 0.1) is 19.6 Å². The Hall–Kier alpha value is -2.57. The summed E-state index contributed by atoms with van der Waals surface area (Å²) in [5, 5.41) is 5.26. The van der Waals surface area contributed by atoms with Crippen LogP contribution in [0.3, 0.4) is 0 Å². The first-order chi connectivity index (χ1) is 11.4. The molecule has 0 atom stereocenters. The van der Waals surface area contributed by atoms with Crippen LogP contribution >= 0.6 is 0 Å². The summed E-state index contributed by atoms with van der Waals surface area (Å²) in [6, 6.07) is 6.68. The highest BCUT2D eigenvalue weighted by molar-refractivity contribution is 5.93. The van der Waals surface area contributed by atoms with Crippen molar-refractivity contribution in [3.05, 3.63) is 24.3 Å². The maximum absolute atomic E-state index is 11.8. The van der Waals surface area contributed by atoms with E-state index >= 15 is 0 Å². The van der Waals surface area contributed by atoms with E-state index in [-0.39, 0.29) is 24.7 Å². The normalized spacial score (nSPS) is 10.2. The summed E-state index contributed by atoms with van der Waals surface area (Å²) in [5.74, 6) is -0.459. The molecule has 0 unspecified atom stereocenters. The van der Waals surface area contributed by atoms with Gasteiger partial charge in [-0.15, -0.1) is 0 Å². The first kappa shape index (κ1) is 19.5. The molecule has 0 aliphatic heterocycles. The molecule has 0 aliphatic carbocycles. The Kier molecular flexibility index (Phi) is 8.32. The predicted octanol–water partition coefficient (Wildman–Crippen LogP) is 3.17. The van der Waals surface area contributed by atoms with Gasteiger partial charge in [0.2, 0.25) is 5.91 Å². The molecule has 0 radical (unpaired) electrons. The van der Waals surface area contributed by atoms with Crippen LogP contribution < -0.4 is 10.6 Å². The monoisotopic (exact) mass is 336 g/mol. The van der Waals surface area contributed by atoms with E-state index in [1.54, 1.807) is 31.2 Å². The van der Waals surface area contributed by atoms with Crippen LogP contribution in [-0.4, -0.2) is 31.2 Å². The Morgan fingerprint density at radius 1 is 1.04 bits per heavy atom. The molecule has 0 saturated heterocycles. The molecule has 7 nitrogen and oxygen atoms in total. The number of carbonyl (C=O) groups excluding carboxylic acids is 3. The molecule has 2 amide bonds. The predicted molar refractivity (Wildman–Crippen MR) is 90.7 cm³/mol. The molecule has 2 N–H and O–H groups in total. The lowest BCUT2D eigenvalue weighted by molar-refractivity contribution is -0.144. The molecule has 0 fully saturated rings. The molecule has 1 rings (SSSR count). The van der Waals surface area contributed by atoms with Gasteiger partial charge in [-0.25, -0.2) is 4.79 Å². The highest BCUT2D eigenvalue weighted by Gasteiger charge is 2.09. The number of hydrogen-bond acceptors (Lipinski definition) is 5. The van der Waals surface area contributed by atoms with E-state index in [4.69, 9.17) is 9.47 Å². The molecule has 24 heavy (non-hydrogen) atoms. The van der Waals surface area contributed by atoms with Crippen LogP contribution in [0.15, 0.2) is 24.3 Å². The molecular formula is C17H24N2O5. The Bertz CT molecular complexity index is 572. The highest BCUT2D eigenvalue weighted by Crippen LogP contribution is 2.16. The summed E-state index contributed by atoms with van der Waals surface area (Å²) in [6.45, 7) is 6.22. The molecule has 0 heterocycles.